The predicted octanol–water partition coefficient (Wildman–Crippen LogP) is 1.49. The van der Waals surface area contributed by atoms with Crippen molar-refractivity contribution < 1.29 is 9.53 Å². The summed E-state index contributed by atoms with van der Waals surface area (Å²) in [6.45, 7) is 3.28. The number of methoxy groups -OCH3 is 1. The van der Waals surface area contributed by atoms with E-state index in [0.29, 0.717) is 29.4 Å². The second-order valence-corrected chi connectivity index (χ2v) is 6.93. The van der Waals surface area contributed by atoms with Gasteiger partial charge < -0.3 is 14.5 Å². The first-order valence-electron chi connectivity index (χ1n) is 8.32. The summed E-state index contributed by atoms with van der Waals surface area (Å²) >= 11 is 0. The van der Waals surface area contributed by atoms with Crippen LogP contribution in [0.2, 0.25) is 0 Å². The lowest BCUT2D eigenvalue weighted by atomic mass is 9.89. The normalized spacial score (nSPS) is 31.8. The van der Waals surface area contributed by atoms with Gasteiger partial charge in [-0.3, -0.25) is 9.89 Å². The van der Waals surface area contributed by atoms with E-state index in [2.05, 4.69) is 20.0 Å². The molecule has 1 aromatic heterocycles. The number of rotatable bonds is 2. The minimum Gasteiger partial charge on any atom is -0.496 e. The van der Waals surface area contributed by atoms with Gasteiger partial charge in [-0.15, -0.1) is 0 Å². The van der Waals surface area contributed by atoms with Crippen LogP contribution in [0.5, 0.6) is 5.75 Å². The third-order valence-corrected chi connectivity index (χ3v) is 5.78. The van der Waals surface area contributed by atoms with E-state index in [1.165, 1.54) is 0 Å². The van der Waals surface area contributed by atoms with E-state index < -0.39 is 0 Å². The molecule has 1 amide bonds. The van der Waals surface area contributed by atoms with Crippen molar-refractivity contribution in [1.29, 1.82) is 0 Å². The van der Waals surface area contributed by atoms with E-state index in [9.17, 15) is 4.79 Å². The van der Waals surface area contributed by atoms with E-state index in [-0.39, 0.29) is 5.91 Å². The summed E-state index contributed by atoms with van der Waals surface area (Å²) < 4.78 is 5.45. The fraction of sp³-hybridized carbons (Fsp3) is 0.529. The lowest BCUT2D eigenvalue weighted by Crippen LogP contribution is -2.44. The van der Waals surface area contributed by atoms with Crippen LogP contribution < -0.4 is 4.74 Å². The summed E-state index contributed by atoms with van der Waals surface area (Å²) in [7, 11) is 1.63. The van der Waals surface area contributed by atoms with Crippen molar-refractivity contribution in [1.82, 2.24) is 20.0 Å². The first kappa shape index (κ1) is 13.4. The van der Waals surface area contributed by atoms with Crippen molar-refractivity contribution in [3.05, 3.63) is 23.9 Å². The maximum absolute atomic E-state index is 13.3. The topological polar surface area (TPSA) is 61.5 Å². The van der Waals surface area contributed by atoms with Crippen molar-refractivity contribution in [2.75, 3.05) is 26.7 Å². The number of benzene rings is 1. The van der Waals surface area contributed by atoms with Gasteiger partial charge in [0.05, 0.1) is 18.0 Å². The van der Waals surface area contributed by atoms with Crippen LogP contribution in [0.3, 0.4) is 0 Å². The quantitative estimate of drug-likeness (QED) is 0.913. The zero-order chi connectivity index (χ0) is 15.6. The largest absolute Gasteiger partial charge is 0.496 e. The SMILES string of the molecule is COc1cccc2[nH]nc(C(=O)N3C4CC5CN(CCC53)C4)c12. The average molecular weight is 312 g/mol. The van der Waals surface area contributed by atoms with Crippen molar-refractivity contribution >= 4 is 16.8 Å². The van der Waals surface area contributed by atoms with Crippen LogP contribution >= 0.6 is 0 Å². The molecule has 0 spiro atoms. The molecule has 3 aliphatic heterocycles. The molecule has 4 heterocycles. The predicted molar refractivity (Wildman–Crippen MR) is 85.6 cm³/mol. The summed E-state index contributed by atoms with van der Waals surface area (Å²) in [5, 5.41) is 8.12. The van der Waals surface area contributed by atoms with E-state index in [1.54, 1.807) is 7.11 Å². The maximum atomic E-state index is 13.3. The molecule has 0 aliphatic carbocycles. The molecule has 3 aliphatic rings. The van der Waals surface area contributed by atoms with E-state index in [1.807, 2.05) is 18.2 Å². The Balaban J connectivity index is 1.59. The number of hydrogen-bond acceptors (Lipinski definition) is 4. The molecule has 4 unspecified atom stereocenters. The van der Waals surface area contributed by atoms with Crippen LogP contribution in [0.25, 0.3) is 10.9 Å². The number of hydrogen-bond donors (Lipinski definition) is 1. The number of amides is 1. The Bertz CT molecular complexity index is 786. The van der Waals surface area contributed by atoms with Gasteiger partial charge in [-0.25, -0.2) is 0 Å². The molecule has 4 atom stereocenters. The van der Waals surface area contributed by atoms with Crippen molar-refractivity contribution in [2.24, 2.45) is 5.92 Å². The molecule has 0 saturated carbocycles. The third kappa shape index (κ3) is 1.78. The lowest BCUT2D eigenvalue weighted by molar-refractivity contribution is 0.0668. The maximum Gasteiger partial charge on any atom is 0.275 e. The van der Waals surface area contributed by atoms with E-state index >= 15 is 0 Å². The fourth-order valence-electron chi connectivity index (χ4n) is 4.86. The number of likely N-dealkylation sites (tertiary alicyclic amines) is 1. The van der Waals surface area contributed by atoms with E-state index in [0.717, 1.165) is 43.4 Å². The summed E-state index contributed by atoms with van der Waals surface area (Å²) in [5.74, 6) is 1.40. The highest BCUT2D eigenvalue weighted by Crippen LogP contribution is 2.41. The molecule has 3 fully saturated rings. The first-order chi connectivity index (χ1) is 11.3. The Morgan fingerprint density at radius 1 is 1.39 bits per heavy atom. The standard InChI is InChI=1S/C17H20N4O2/c1-23-14-4-2-3-12-15(14)16(19-18-12)17(22)21-11-7-10-8-20(9-11)6-5-13(10)21/h2-4,10-11,13H,5-9H2,1H3,(H,18,19). The minimum atomic E-state index is 0.0574. The van der Waals surface area contributed by atoms with Gasteiger partial charge in [0, 0.05) is 31.7 Å². The monoisotopic (exact) mass is 312 g/mol. The smallest absolute Gasteiger partial charge is 0.275 e. The highest BCUT2D eigenvalue weighted by molar-refractivity contribution is 6.07. The number of aromatic nitrogens is 2. The van der Waals surface area contributed by atoms with Gasteiger partial charge in [-0.1, -0.05) is 6.07 Å². The molecular formula is C17H20N4O2. The lowest BCUT2D eigenvalue weighted by Gasteiger charge is -2.35. The zero-order valence-electron chi connectivity index (χ0n) is 13.2. The molecule has 5 rings (SSSR count). The van der Waals surface area contributed by atoms with Gasteiger partial charge in [-0.2, -0.15) is 5.10 Å². The van der Waals surface area contributed by atoms with Crippen LogP contribution in [0.1, 0.15) is 23.3 Å². The number of H-pyrrole nitrogens is 1. The van der Waals surface area contributed by atoms with Crippen LogP contribution in [0.4, 0.5) is 0 Å². The second kappa shape index (κ2) is 4.71. The highest BCUT2D eigenvalue weighted by atomic mass is 16.5. The number of aromatic amines is 1. The van der Waals surface area contributed by atoms with Gasteiger partial charge in [-0.05, 0) is 30.9 Å². The molecule has 6 nitrogen and oxygen atoms in total. The number of fused-ring (bicyclic) bond motifs is 3. The van der Waals surface area contributed by atoms with Crippen LogP contribution in [-0.4, -0.2) is 64.7 Å². The van der Waals surface area contributed by atoms with Gasteiger partial charge in [0.25, 0.3) is 5.91 Å². The summed E-state index contributed by atoms with van der Waals surface area (Å²) in [6.07, 6.45) is 2.23. The molecule has 1 N–H and O–H groups in total. The van der Waals surface area contributed by atoms with Crippen molar-refractivity contribution in [2.45, 2.75) is 24.9 Å². The molecule has 0 radical (unpaired) electrons. The number of carbonyl (C=O) groups is 1. The molecule has 1 aromatic carbocycles. The first-order valence-corrected chi connectivity index (χ1v) is 8.32. The number of carbonyl (C=O) groups excluding carboxylic acids is 1. The molecule has 3 bridgehead atoms. The molecule has 23 heavy (non-hydrogen) atoms. The molecule has 2 aromatic rings. The molecule has 120 valence electrons. The van der Waals surface area contributed by atoms with Gasteiger partial charge >= 0.3 is 0 Å². The third-order valence-electron chi connectivity index (χ3n) is 5.78. The number of nitrogens with zero attached hydrogens (tertiary/aromatic N) is 3. The fourth-order valence-corrected chi connectivity index (χ4v) is 4.86. The molecule has 3 saturated heterocycles. The minimum absolute atomic E-state index is 0.0574. The number of nitrogens with one attached hydrogen (secondary N) is 1. The Labute approximate surface area is 134 Å². The van der Waals surface area contributed by atoms with Crippen LogP contribution in [0.15, 0.2) is 18.2 Å². The van der Waals surface area contributed by atoms with Crippen molar-refractivity contribution in [3.63, 3.8) is 0 Å². The second-order valence-electron chi connectivity index (χ2n) is 6.93. The van der Waals surface area contributed by atoms with Crippen molar-refractivity contribution in [3.8, 4) is 5.75 Å². The summed E-state index contributed by atoms with van der Waals surface area (Å²) in [6, 6.07) is 6.45. The summed E-state index contributed by atoms with van der Waals surface area (Å²) in [4.78, 5) is 17.9. The zero-order valence-corrected chi connectivity index (χ0v) is 13.2. The molecular weight excluding hydrogens is 292 g/mol. The Morgan fingerprint density at radius 2 is 2.30 bits per heavy atom. The van der Waals surface area contributed by atoms with Crippen LogP contribution in [0, 0.1) is 5.92 Å². The Hall–Kier alpha value is -2.08. The summed E-state index contributed by atoms with van der Waals surface area (Å²) in [5.41, 5.74) is 1.35. The Kier molecular flexibility index (Phi) is 2.74. The molecule has 6 heteroatoms. The van der Waals surface area contributed by atoms with Crippen LogP contribution in [-0.2, 0) is 0 Å². The average Bonchev–Trinajstić information content (AvgIpc) is 3.07. The Morgan fingerprint density at radius 3 is 3.17 bits per heavy atom. The highest BCUT2D eigenvalue weighted by Gasteiger charge is 2.51. The van der Waals surface area contributed by atoms with Gasteiger partial charge in [0.15, 0.2) is 5.69 Å². The van der Waals surface area contributed by atoms with Gasteiger partial charge in [0.1, 0.15) is 5.75 Å². The van der Waals surface area contributed by atoms with Gasteiger partial charge in [0.2, 0.25) is 0 Å². The van der Waals surface area contributed by atoms with E-state index in [4.69, 9.17) is 4.74 Å². The number of piperidine rings is 2. The number of ether oxygens (including phenoxy) is 1.